The van der Waals surface area contributed by atoms with Crippen molar-refractivity contribution in [1.82, 2.24) is 0 Å². The van der Waals surface area contributed by atoms with Crippen LogP contribution in [0.5, 0.6) is 0 Å². The van der Waals surface area contributed by atoms with Crippen molar-refractivity contribution in [3.05, 3.63) is 29.8 Å². The Kier molecular flexibility index (Phi) is 6.21. The molecule has 0 bridgehead atoms. The van der Waals surface area contributed by atoms with Crippen LogP contribution >= 0.6 is 11.8 Å². The Hall–Kier alpha value is -0.510. The normalized spacial score (nSPS) is 20.6. The van der Waals surface area contributed by atoms with Gasteiger partial charge in [-0.1, -0.05) is 19.1 Å². The number of rotatable bonds is 7. The first kappa shape index (κ1) is 14.9. The second kappa shape index (κ2) is 7.93. The number of hydrogen-bond acceptors (Lipinski definition) is 3. The molecule has 0 radical (unpaired) electrons. The third-order valence-electron chi connectivity index (χ3n) is 3.60. The van der Waals surface area contributed by atoms with E-state index in [1.54, 1.807) is 0 Å². The van der Waals surface area contributed by atoms with Crippen molar-refractivity contribution in [3.8, 4) is 0 Å². The van der Waals surface area contributed by atoms with Crippen LogP contribution in [0, 0.1) is 0 Å². The Balaban J connectivity index is 1.73. The fourth-order valence-corrected chi connectivity index (χ4v) is 3.19. The van der Waals surface area contributed by atoms with Gasteiger partial charge in [-0.2, -0.15) is 0 Å². The molecule has 2 unspecified atom stereocenters. The number of benzene rings is 1. The van der Waals surface area contributed by atoms with Gasteiger partial charge < -0.3 is 9.84 Å². The van der Waals surface area contributed by atoms with E-state index < -0.39 is 0 Å². The third kappa shape index (κ3) is 4.83. The highest BCUT2D eigenvalue weighted by Gasteiger charge is 2.16. The van der Waals surface area contributed by atoms with Crippen LogP contribution < -0.4 is 0 Å². The Morgan fingerprint density at radius 1 is 1.37 bits per heavy atom. The summed E-state index contributed by atoms with van der Waals surface area (Å²) in [5.41, 5.74) is 1.03. The lowest BCUT2D eigenvalue weighted by molar-refractivity contribution is 0.0944. The SMILES string of the molecule is CCSc1ccc(C(O)CCCC2CCCO2)cc1. The summed E-state index contributed by atoms with van der Waals surface area (Å²) in [5, 5.41) is 10.2. The number of ether oxygens (including phenoxy) is 1. The third-order valence-corrected chi connectivity index (χ3v) is 4.50. The molecule has 1 saturated heterocycles. The molecule has 19 heavy (non-hydrogen) atoms. The van der Waals surface area contributed by atoms with E-state index in [1.165, 1.54) is 17.7 Å². The number of hydrogen-bond donors (Lipinski definition) is 1. The minimum atomic E-state index is -0.331. The Bertz CT molecular complexity index is 358. The molecule has 2 atom stereocenters. The summed E-state index contributed by atoms with van der Waals surface area (Å²) in [7, 11) is 0. The van der Waals surface area contributed by atoms with Gasteiger partial charge in [-0.25, -0.2) is 0 Å². The summed E-state index contributed by atoms with van der Waals surface area (Å²) in [4.78, 5) is 1.28. The Morgan fingerprint density at radius 3 is 2.79 bits per heavy atom. The monoisotopic (exact) mass is 280 g/mol. The molecule has 2 nitrogen and oxygen atoms in total. The highest BCUT2D eigenvalue weighted by molar-refractivity contribution is 7.99. The minimum absolute atomic E-state index is 0.331. The largest absolute Gasteiger partial charge is 0.388 e. The predicted octanol–water partition coefficient (Wildman–Crippen LogP) is 4.18. The molecule has 2 rings (SSSR count). The van der Waals surface area contributed by atoms with Gasteiger partial charge in [0.2, 0.25) is 0 Å². The smallest absolute Gasteiger partial charge is 0.0790 e. The van der Waals surface area contributed by atoms with E-state index in [9.17, 15) is 5.11 Å². The molecule has 0 amide bonds. The van der Waals surface area contributed by atoms with Gasteiger partial charge in [0, 0.05) is 11.5 Å². The zero-order valence-corrected chi connectivity index (χ0v) is 12.5. The van der Waals surface area contributed by atoms with E-state index >= 15 is 0 Å². The lowest BCUT2D eigenvalue weighted by atomic mass is 10.0. The van der Waals surface area contributed by atoms with Crippen molar-refractivity contribution in [3.63, 3.8) is 0 Å². The average molecular weight is 280 g/mol. The van der Waals surface area contributed by atoms with Gasteiger partial charge in [-0.05, 0) is 55.6 Å². The van der Waals surface area contributed by atoms with Gasteiger partial charge in [0.25, 0.3) is 0 Å². The quantitative estimate of drug-likeness (QED) is 0.760. The van der Waals surface area contributed by atoms with Crippen LogP contribution in [0.2, 0.25) is 0 Å². The van der Waals surface area contributed by atoms with Crippen molar-refractivity contribution < 1.29 is 9.84 Å². The number of aliphatic hydroxyl groups excluding tert-OH is 1. The van der Waals surface area contributed by atoms with Crippen molar-refractivity contribution in [1.29, 1.82) is 0 Å². The molecule has 0 saturated carbocycles. The van der Waals surface area contributed by atoms with Crippen LogP contribution in [0.4, 0.5) is 0 Å². The maximum Gasteiger partial charge on any atom is 0.0790 e. The minimum Gasteiger partial charge on any atom is -0.388 e. The van der Waals surface area contributed by atoms with Crippen LogP contribution in [0.25, 0.3) is 0 Å². The molecule has 0 aromatic heterocycles. The van der Waals surface area contributed by atoms with Crippen LogP contribution in [0.15, 0.2) is 29.2 Å². The molecule has 106 valence electrons. The lowest BCUT2D eigenvalue weighted by Crippen LogP contribution is -2.06. The van der Waals surface area contributed by atoms with Gasteiger partial charge in [-0.15, -0.1) is 11.8 Å². The predicted molar refractivity (Wildman–Crippen MR) is 80.6 cm³/mol. The van der Waals surface area contributed by atoms with Crippen LogP contribution in [0.1, 0.15) is 50.7 Å². The molecule has 3 heteroatoms. The van der Waals surface area contributed by atoms with E-state index in [1.807, 2.05) is 11.8 Å². The fourth-order valence-electron chi connectivity index (χ4n) is 2.53. The zero-order valence-electron chi connectivity index (χ0n) is 11.7. The van der Waals surface area contributed by atoms with Gasteiger partial charge in [0.1, 0.15) is 0 Å². The molecule has 1 aromatic rings. The Labute approximate surface area is 120 Å². The highest BCUT2D eigenvalue weighted by Crippen LogP contribution is 2.25. The van der Waals surface area contributed by atoms with Crippen molar-refractivity contribution in [2.45, 2.75) is 56.1 Å². The molecule has 0 spiro atoms. The topological polar surface area (TPSA) is 29.5 Å². The van der Waals surface area contributed by atoms with Crippen molar-refractivity contribution in [2.75, 3.05) is 12.4 Å². The summed E-state index contributed by atoms with van der Waals surface area (Å²) in [5.74, 6) is 1.09. The van der Waals surface area contributed by atoms with E-state index in [0.29, 0.717) is 6.10 Å². The van der Waals surface area contributed by atoms with E-state index in [-0.39, 0.29) is 6.10 Å². The molecule has 1 aliphatic rings. The summed E-state index contributed by atoms with van der Waals surface area (Å²) >= 11 is 1.83. The summed E-state index contributed by atoms with van der Waals surface area (Å²) in [6.07, 6.45) is 5.46. The van der Waals surface area contributed by atoms with Gasteiger partial charge in [0.15, 0.2) is 0 Å². The van der Waals surface area contributed by atoms with E-state index in [2.05, 4.69) is 31.2 Å². The molecule has 0 aliphatic carbocycles. The molecular weight excluding hydrogens is 256 g/mol. The maximum absolute atomic E-state index is 10.2. The molecular formula is C16H24O2S. The van der Waals surface area contributed by atoms with Crippen LogP contribution in [-0.4, -0.2) is 23.6 Å². The molecule has 1 fully saturated rings. The summed E-state index contributed by atoms with van der Waals surface area (Å²) in [6.45, 7) is 3.07. The zero-order chi connectivity index (χ0) is 13.5. The molecule has 1 aromatic carbocycles. The first-order valence-electron chi connectivity index (χ1n) is 7.32. The van der Waals surface area contributed by atoms with Gasteiger partial charge >= 0.3 is 0 Å². The first-order chi connectivity index (χ1) is 9.29. The van der Waals surface area contributed by atoms with Gasteiger partial charge in [0.05, 0.1) is 12.2 Å². The molecule has 1 heterocycles. The van der Waals surface area contributed by atoms with Crippen LogP contribution in [0.3, 0.4) is 0 Å². The lowest BCUT2D eigenvalue weighted by Gasteiger charge is -2.13. The second-order valence-electron chi connectivity index (χ2n) is 5.08. The number of aliphatic hydroxyl groups is 1. The van der Waals surface area contributed by atoms with E-state index in [4.69, 9.17) is 4.74 Å². The number of thioether (sulfide) groups is 1. The van der Waals surface area contributed by atoms with E-state index in [0.717, 1.165) is 37.2 Å². The van der Waals surface area contributed by atoms with Crippen molar-refractivity contribution in [2.24, 2.45) is 0 Å². The summed E-state index contributed by atoms with van der Waals surface area (Å²) in [6, 6.07) is 8.31. The Morgan fingerprint density at radius 2 is 2.16 bits per heavy atom. The fraction of sp³-hybridized carbons (Fsp3) is 0.625. The molecule has 1 N–H and O–H groups in total. The highest BCUT2D eigenvalue weighted by atomic mass is 32.2. The van der Waals surface area contributed by atoms with Crippen LogP contribution in [-0.2, 0) is 4.74 Å². The second-order valence-corrected chi connectivity index (χ2v) is 6.42. The molecule has 1 aliphatic heterocycles. The maximum atomic E-state index is 10.2. The van der Waals surface area contributed by atoms with Gasteiger partial charge in [-0.3, -0.25) is 0 Å². The average Bonchev–Trinajstić information content (AvgIpc) is 2.93. The van der Waals surface area contributed by atoms with Crippen molar-refractivity contribution >= 4 is 11.8 Å². The summed E-state index contributed by atoms with van der Waals surface area (Å²) < 4.78 is 5.60. The standard InChI is InChI=1S/C16H24O2S/c1-2-19-15-10-8-13(9-11-15)16(17)7-3-5-14-6-4-12-18-14/h8-11,14,16-17H,2-7,12H2,1H3. The first-order valence-corrected chi connectivity index (χ1v) is 8.30.